The highest BCUT2D eigenvalue weighted by molar-refractivity contribution is 6.31. The zero-order chi connectivity index (χ0) is 17.1. The van der Waals surface area contributed by atoms with Gasteiger partial charge in [0.15, 0.2) is 0 Å². The van der Waals surface area contributed by atoms with E-state index in [9.17, 15) is 4.79 Å². The maximum atomic E-state index is 11.9. The second kappa shape index (κ2) is 5.06. The lowest BCUT2D eigenvalue weighted by Gasteiger charge is -2.29. The molecule has 1 saturated carbocycles. The van der Waals surface area contributed by atoms with Crippen LogP contribution in [0.1, 0.15) is 30.3 Å². The van der Waals surface area contributed by atoms with Crippen molar-refractivity contribution in [1.82, 2.24) is 19.7 Å². The van der Waals surface area contributed by atoms with E-state index in [1.807, 2.05) is 10.6 Å². The van der Waals surface area contributed by atoms with Crippen LogP contribution in [0.5, 0.6) is 0 Å². The minimum atomic E-state index is -0.561. The quantitative estimate of drug-likeness (QED) is 0.760. The molecule has 3 heterocycles. The maximum absolute atomic E-state index is 11.9. The van der Waals surface area contributed by atoms with Crippen LogP contribution in [0.15, 0.2) is 29.0 Å². The molecule has 0 saturated heterocycles. The molecule has 1 fully saturated rings. The van der Waals surface area contributed by atoms with Crippen molar-refractivity contribution in [2.45, 2.75) is 25.3 Å². The van der Waals surface area contributed by atoms with E-state index in [1.54, 1.807) is 18.5 Å². The highest BCUT2D eigenvalue weighted by atomic mass is 35.5. The lowest BCUT2D eigenvalue weighted by molar-refractivity contribution is 0.253. The summed E-state index contributed by atoms with van der Waals surface area (Å²) in [5, 5.41) is 4.58. The molecule has 0 spiro atoms. The summed E-state index contributed by atoms with van der Waals surface area (Å²) in [6.45, 7) is 0.255. The first-order chi connectivity index (χ1) is 12.1. The molecule has 8 nitrogen and oxygen atoms in total. The topological polar surface area (TPSA) is 103 Å². The fourth-order valence-corrected chi connectivity index (χ4v) is 3.26. The standard InChI is InChI=1S/C16H13ClN6O2/c17-9-3-4-10-11(5-9)22(16(18)24)6-12-13(19-7-23(10)12)14-20-15(25-21-14)8-1-2-8/h3-5,7-8H,1-2,6H2,(H2,18,24). The van der Waals surface area contributed by atoms with Gasteiger partial charge in [-0.05, 0) is 31.0 Å². The van der Waals surface area contributed by atoms with Crippen molar-refractivity contribution < 1.29 is 9.32 Å². The van der Waals surface area contributed by atoms with E-state index >= 15 is 0 Å². The van der Waals surface area contributed by atoms with E-state index < -0.39 is 6.03 Å². The van der Waals surface area contributed by atoms with Crippen LogP contribution in [0.3, 0.4) is 0 Å². The second-order valence-corrected chi connectivity index (χ2v) is 6.63. The molecule has 1 aliphatic carbocycles. The number of imidazole rings is 1. The zero-order valence-electron chi connectivity index (χ0n) is 13.0. The highest BCUT2D eigenvalue weighted by Crippen LogP contribution is 2.40. The lowest BCUT2D eigenvalue weighted by atomic mass is 10.1. The van der Waals surface area contributed by atoms with Crippen LogP contribution >= 0.6 is 11.6 Å². The van der Waals surface area contributed by atoms with Gasteiger partial charge in [0.25, 0.3) is 0 Å². The van der Waals surface area contributed by atoms with Crippen molar-refractivity contribution in [3.63, 3.8) is 0 Å². The van der Waals surface area contributed by atoms with Crippen molar-refractivity contribution in [2.24, 2.45) is 5.73 Å². The van der Waals surface area contributed by atoms with Gasteiger partial charge in [-0.15, -0.1) is 0 Å². The first kappa shape index (κ1) is 14.5. The van der Waals surface area contributed by atoms with Gasteiger partial charge >= 0.3 is 6.03 Å². The molecule has 25 heavy (non-hydrogen) atoms. The molecule has 1 aromatic carbocycles. The summed E-state index contributed by atoms with van der Waals surface area (Å²) >= 11 is 6.08. The third-order valence-electron chi connectivity index (χ3n) is 4.51. The molecule has 0 unspecified atom stereocenters. The van der Waals surface area contributed by atoms with Gasteiger partial charge < -0.3 is 10.3 Å². The van der Waals surface area contributed by atoms with E-state index in [-0.39, 0.29) is 6.54 Å². The number of benzene rings is 1. The highest BCUT2D eigenvalue weighted by Gasteiger charge is 2.33. The number of primary amides is 1. The first-order valence-electron chi connectivity index (χ1n) is 7.89. The molecule has 2 aromatic heterocycles. The number of rotatable bonds is 2. The number of urea groups is 1. The number of nitrogens with two attached hydrogens (primary N) is 1. The normalized spacial score (nSPS) is 15.8. The largest absolute Gasteiger partial charge is 0.351 e. The van der Waals surface area contributed by atoms with Gasteiger partial charge in [-0.2, -0.15) is 4.98 Å². The molecule has 2 N–H and O–H groups in total. The van der Waals surface area contributed by atoms with E-state index in [2.05, 4.69) is 15.1 Å². The minimum absolute atomic E-state index is 0.255. The average molecular weight is 357 g/mol. The molecular formula is C16H13ClN6O2. The van der Waals surface area contributed by atoms with Crippen molar-refractivity contribution in [3.05, 3.63) is 41.1 Å². The number of fused-ring (bicyclic) bond motifs is 3. The lowest BCUT2D eigenvalue weighted by Crippen LogP contribution is -2.38. The van der Waals surface area contributed by atoms with Gasteiger partial charge in [0.2, 0.25) is 11.7 Å². The Balaban J connectivity index is 1.65. The molecule has 0 radical (unpaired) electrons. The van der Waals surface area contributed by atoms with Crippen molar-refractivity contribution >= 4 is 23.3 Å². The Morgan fingerprint density at radius 3 is 2.92 bits per heavy atom. The van der Waals surface area contributed by atoms with Crippen LogP contribution in [-0.2, 0) is 6.54 Å². The van der Waals surface area contributed by atoms with Crippen LogP contribution in [0, 0.1) is 0 Å². The van der Waals surface area contributed by atoms with Crippen molar-refractivity contribution in [2.75, 3.05) is 4.90 Å². The summed E-state index contributed by atoms with van der Waals surface area (Å²) in [5.74, 6) is 1.44. The third kappa shape index (κ3) is 2.21. The number of carbonyl (C=O) groups is 1. The fourth-order valence-electron chi connectivity index (χ4n) is 3.09. The fraction of sp³-hybridized carbons (Fsp3) is 0.250. The van der Waals surface area contributed by atoms with Crippen molar-refractivity contribution in [1.29, 1.82) is 0 Å². The van der Waals surface area contributed by atoms with Gasteiger partial charge in [-0.3, -0.25) is 9.47 Å². The van der Waals surface area contributed by atoms with Crippen LogP contribution in [0.25, 0.3) is 17.2 Å². The number of aromatic nitrogens is 4. The Morgan fingerprint density at radius 1 is 1.32 bits per heavy atom. The summed E-state index contributed by atoms with van der Waals surface area (Å²) in [5.41, 5.74) is 8.34. The predicted molar refractivity (Wildman–Crippen MR) is 89.6 cm³/mol. The Bertz CT molecular complexity index is 1010. The average Bonchev–Trinajstić information content (AvgIpc) is 3.17. The molecule has 126 valence electrons. The van der Waals surface area contributed by atoms with Crippen LogP contribution in [0.4, 0.5) is 10.5 Å². The molecule has 2 aliphatic rings. The van der Waals surface area contributed by atoms with Gasteiger partial charge in [0, 0.05) is 10.9 Å². The summed E-state index contributed by atoms with van der Waals surface area (Å²) in [4.78, 5) is 22.3. The minimum Gasteiger partial charge on any atom is -0.351 e. The van der Waals surface area contributed by atoms with Crippen LogP contribution in [0.2, 0.25) is 5.02 Å². The number of nitrogens with zero attached hydrogens (tertiary/aromatic N) is 5. The Morgan fingerprint density at radius 2 is 2.16 bits per heavy atom. The summed E-state index contributed by atoms with van der Waals surface area (Å²) in [7, 11) is 0. The van der Waals surface area contributed by atoms with E-state index in [1.165, 1.54) is 4.90 Å². The SMILES string of the molecule is NC(=O)N1Cc2c(-c3noc(C4CC4)n3)ncn2-c2ccc(Cl)cc21. The number of hydrogen-bond acceptors (Lipinski definition) is 5. The Hall–Kier alpha value is -2.87. The molecule has 2 amide bonds. The van der Waals surface area contributed by atoms with Crippen molar-refractivity contribution in [3.8, 4) is 17.2 Å². The van der Waals surface area contributed by atoms with Crippen LogP contribution < -0.4 is 10.6 Å². The van der Waals surface area contributed by atoms with E-state index in [4.69, 9.17) is 21.9 Å². The molecule has 0 bridgehead atoms. The number of carbonyl (C=O) groups excluding carboxylic acids is 1. The van der Waals surface area contributed by atoms with Gasteiger partial charge in [0.05, 0.1) is 23.6 Å². The van der Waals surface area contributed by atoms with E-state index in [0.29, 0.717) is 34.0 Å². The van der Waals surface area contributed by atoms with Gasteiger partial charge in [0.1, 0.15) is 12.0 Å². The second-order valence-electron chi connectivity index (χ2n) is 6.20. The first-order valence-corrected chi connectivity index (χ1v) is 8.26. The Labute approximate surface area is 147 Å². The van der Waals surface area contributed by atoms with Crippen LogP contribution in [-0.4, -0.2) is 25.7 Å². The smallest absolute Gasteiger partial charge is 0.319 e. The molecule has 3 aromatic rings. The summed E-state index contributed by atoms with van der Waals surface area (Å²) in [6, 6.07) is 4.74. The van der Waals surface area contributed by atoms with E-state index in [0.717, 1.165) is 24.2 Å². The summed E-state index contributed by atoms with van der Waals surface area (Å²) < 4.78 is 7.23. The maximum Gasteiger partial charge on any atom is 0.319 e. The number of anilines is 1. The monoisotopic (exact) mass is 356 g/mol. The number of amides is 2. The van der Waals surface area contributed by atoms with Gasteiger partial charge in [-0.1, -0.05) is 16.8 Å². The zero-order valence-corrected chi connectivity index (χ0v) is 13.8. The molecule has 0 atom stereocenters. The Kier molecular flexibility index (Phi) is 2.93. The number of hydrogen-bond donors (Lipinski definition) is 1. The van der Waals surface area contributed by atoms with Gasteiger partial charge in [-0.25, -0.2) is 9.78 Å². The summed E-state index contributed by atoms with van der Waals surface area (Å²) in [6.07, 6.45) is 3.84. The molecule has 5 rings (SSSR count). The number of halogens is 1. The molecule has 9 heteroatoms. The predicted octanol–water partition coefficient (Wildman–Crippen LogP) is 2.85. The third-order valence-corrected chi connectivity index (χ3v) is 4.74. The molecule has 1 aliphatic heterocycles. The molecular weight excluding hydrogens is 344 g/mol.